The lowest BCUT2D eigenvalue weighted by molar-refractivity contribution is 0.251. The third-order valence-electron chi connectivity index (χ3n) is 5.56. The van der Waals surface area contributed by atoms with Gasteiger partial charge in [0.1, 0.15) is 16.0 Å². The van der Waals surface area contributed by atoms with Gasteiger partial charge in [-0.2, -0.15) is 5.21 Å². The van der Waals surface area contributed by atoms with Gasteiger partial charge in [-0.15, -0.1) is 10.2 Å². The molecule has 0 radical (unpaired) electrons. The van der Waals surface area contributed by atoms with Crippen molar-refractivity contribution in [2.24, 2.45) is 10.9 Å². The van der Waals surface area contributed by atoms with E-state index in [-0.39, 0.29) is 23.6 Å². The van der Waals surface area contributed by atoms with Crippen molar-refractivity contribution >= 4 is 25.7 Å². The van der Waals surface area contributed by atoms with E-state index < -0.39 is 48.1 Å². The second-order valence-corrected chi connectivity index (χ2v) is 11.0. The minimum absolute atomic E-state index is 0.117. The normalized spacial score (nSPS) is 24.7. The van der Waals surface area contributed by atoms with Crippen LogP contribution in [0.15, 0.2) is 21.9 Å². The first-order valence-electron chi connectivity index (χ1n) is 9.89. The highest BCUT2D eigenvalue weighted by Crippen LogP contribution is 2.39. The molecular formula is C16H24FN9O4S2. The summed E-state index contributed by atoms with van der Waals surface area (Å²) in [6.07, 6.45) is -0.501. The summed E-state index contributed by atoms with van der Waals surface area (Å²) in [4.78, 5) is 0.347. The first kappa shape index (κ1) is 22.9. The third-order valence-corrected chi connectivity index (χ3v) is 8.24. The second kappa shape index (κ2) is 8.60. The van der Waals surface area contributed by atoms with Crippen LogP contribution in [0.2, 0.25) is 0 Å². The first-order chi connectivity index (χ1) is 15.1. The molecule has 0 spiro atoms. The lowest BCUT2D eigenvalue weighted by Crippen LogP contribution is -2.48. The Morgan fingerprint density at radius 2 is 2.00 bits per heavy atom. The van der Waals surface area contributed by atoms with Gasteiger partial charge in [0.25, 0.3) is 0 Å². The highest BCUT2D eigenvalue weighted by atomic mass is 32.2. The first-order valence-corrected chi connectivity index (χ1v) is 12.9. The number of hydrogen-bond acceptors (Lipinski definition) is 10. The lowest BCUT2D eigenvalue weighted by atomic mass is 10.0. The minimum Gasteiger partial charge on any atom is -0.368 e. The van der Waals surface area contributed by atoms with Gasteiger partial charge >= 0.3 is 0 Å². The van der Waals surface area contributed by atoms with Crippen LogP contribution in [0, 0.1) is 0 Å². The molecule has 7 N–H and O–H groups in total. The summed E-state index contributed by atoms with van der Waals surface area (Å²) in [5, 5.41) is 21.9. The van der Waals surface area contributed by atoms with Crippen LogP contribution in [-0.2, 0) is 20.0 Å². The van der Waals surface area contributed by atoms with Crippen LogP contribution in [0.1, 0.15) is 12.8 Å². The maximum Gasteiger partial charge on any atom is 0.242 e. The van der Waals surface area contributed by atoms with E-state index in [2.05, 4.69) is 30.7 Å². The molecule has 0 amide bonds. The van der Waals surface area contributed by atoms with Crippen molar-refractivity contribution in [3.63, 3.8) is 0 Å². The molecule has 1 aromatic carbocycles. The number of nitrogens with one attached hydrogen (secondary N) is 3. The fourth-order valence-corrected chi connectivity index (χ4v) is 6.84. The largest absolute Gasteiger partial charge is 0.368 e. The maximum absolute atomic E-state index is 14.3. The zero-order chi connectivity index (χ0) is 23.1. The minimum atomic E-state index is -4.59. The Morgan fingerprint density at radius 3 is 2.59 bits per heavy atom. The molecule has 2 saturated heterocycles. The van der Waals surface area contributed by atoms with Crippen LogP contribution in [0.4, 0.5) is 10.1 Å². The fraction of sp³-hybridized carbons (Fsp3) is 0.562. The van der Waals surface area contributed by atoms with E-state index in [4.69, 9.17) is 10.9 Å². The number of nitrogens with two attached hydrogens (primary N) is 2. The number of piperidine rings is 1. The van der Waals surface area contributed by atoms with Gasteiger partial charge in [-0.25, -0.2) is 31.1 Å². The van der Waals surface area contributed by atoms with E-state index in [1.54, 1.807) is 4.90 Å². The number of alkyl halides is 1. The molecule has 1 aromatic heterocycles. The van der Waals surface area contributed by atoms with Crippen molar-refractivity contribution in [1.29, 1.82) is 0 Å². The Balaban J connectivity index is 1.91. The number of rotatable bonds is 6. The number of primary sulfonamides is 1. The van der Waals surface area contributed by atoms with Gasteiger partial charge in [-0.05, 0) is 36.7 Å². The smallest absolute Gasteiger partial charge is 0.242 e. The number of tetrazole rings is 1. The summed E-state index contributed by atoms with van der Waals surface area (Å²) in [5.74, 6) is -0.186. The Morgan fingerprint density at radius 1 is 1.22 bits per heavy atom. The number of benzene rings is 1. The number of hydrogen-bond donors (Lipinski definition) is 5. The monoisotopic (exact) mass is 489 g/mol. The zero-order valence-corrected chi connectivity index (χ0v) is 18.5. The number of sulfonamides is 2. The summed E-state index contributed by atoms with van der Waals surface area (Å²) in [7, 11) is -8.88. The van der Waals surface area contributed by atoms with E-state index in [9.17, 15) is 21.2 Å². The Labute approximate surface area is 184 Å². The summed E-state index contributed by atoms with van der Waals surface area (Å²) in [6.45, 7) is 1.23. The molecule has 13 nitrogen and oxygen atoms in total. The summed E-state index contributed by atoms with van der Waals surface area (Å²) >= 11 is 0. The summed E-state index contributed by atoms with van der Waals surface area (Å²) in [6, 6.07) is 1.48. The molecule has 3 atom stereocenters. The number of H-pyrrole nitrogens is 1. The molecule has 2 fully saturated rings. The second-order valence-electron chi connectivity index (χ2n) is 7.79. The van der Waals surface area contributed by atoms with Gasteiger partial charge in [0.05, 0.1) is 12.1 Å². The number of aromatic nitrogens is 4. The van der Waals surface area contributed by atoms with Gasteiger partial charge in [0.2, 0.25) is 25.9 Å². The summed E-state index contributed by atoms with van der Waals surface area (Å²) in [5.41, 5.74) is 5.80. The van der Waals surface area contributed by atoms with Gasteiger partial charge in [-0.3, -0.25) is 0 Å². The highest BCUT2D eigenvalue weighted by Gasteiger charge is 2.36. The number of nitrogens with zero attached hydrogens (tertiary/aromatic N) is 4. The van der Waals surface area contributed by atoms with E-state index >= 15 is 0 Å². The van der Waals surface area contributed by atoms with Crippen LogP contribution in [0.25, 0.3) is 11.4 Å². The van der Waals surface area contributed by atoms with Crippen molar-refractivity contribution in [3.8, 4) is 11.4 Å². The SMILES string of the molecule is N[C@H]1CCN(c2ccc(S(=O)(=O)N[C@@H]3CCNC3)c(S(N)(=O)=O)c2-c2nn[nH]n2)C[C@H]1F. The molecule has 0 bridgehead atoms. The lowest BCUT2D eigenvalue weighted by Gasteiger charge is -2.35. The van der Waals surface area contributed by atoms with Crippen molar-refractivity contribution in [3.05, 3.63) is 12.1 Å². The van der Waals surface area contributed by atoms with E-state index in [0.29, 0.717) is 32.5 Å². The van der Waals surface area contributed by atoms with Crippen molar-refractivity contribution in [1.82, 2.24) is 30.7 Å². The van der Waals surface area contributed by atoms with Crippen molar-refractivity contribution in [2.75, 3.05) is 31.1 Å². The van der Waals surface area contributed by atoms with Gasteiger partial charge < -0.3 is 16.0 Å². The van der Waals surface area contributed by atoms with Gasteiger partial charge in [0.15, 0.2) is 0 Å². The van der Waals surface area contributed by atoms with E-state index in [1.165, 1.54) is 6.07 Å². The van der Waals surface area contributed by atoms with Crippen LogP contribution >= 0.6 is 0 Å². The van der Waals surface area contributed by atoms with Crippen LogP contribution in [0.5, 0.6) is 0 Å². The molecule has 4 rings (SSSR count). The van der Waals surface area contributed by atoms with Crippen LogP contribution < -0.4 is 25.8 Å². The average molecular weight is 490 g/mol. The molecule has 176 valence electrons. The number of halogens is 1. The topological polar surface area (TPSA) is 202 Å². The Kier molecular flexibility index (Phi) is 6.17. The molecule has 0 unspecified atom stereocenters. The quantitative estimate of drug-likeness (QED) is 0.303. The van der Waals surface area contributed by atoms with Crippen LogP contribution in [0.3, 0.4) is 0 Å². The van der Waals surface area contributed by atoms with E-state index in [0.717, 1.165) is 6.07 Å². The Hall–Kier alpha value is -2.24. The summed E-state index contributed by atoms with van der Waals surface area (Å²) < 4.78 is 68.5. The molecule has 2 aliphatic heterocycles. The molecule has 16 heteroatoms. The molecule has 3 heterocycles. The molecule has 32 heavy (non-hydrogen) atoms. The third kappa shape index (κ3) is 4.46. The molecule has 0 saturated carbocycles. The number of anilines is 1. The predicted octanol–water partition coefficient (Wildman–Crippen LogP) is -1.97. The molecule has 2 aromatic rings. The predicted molar refractivity (Wildman–Crippen MR) is 112 cm³/mol. The average Bonchev–Trinajstić information content (AvgIpc) is 3.42. The fourth-order valence-electron chi connectivity index (χ4n) is 3.97. The van der Waals surface area contributed by atoms with Gasteiger partial charge in [0, 0.05) is 30.9 Å². The van der Waals surface area contributed by atoms with E-state index in [1.807, 2.05) is 0 Å². The number of aromatic amines is 1. The molecule has 0 aliphatic carbocycles. The molecular weight excluding hydrogens is 465 g/mol. The molecule has 2 aliphatic rings. The van der Waals surface area contributed by atoms with Crippen LogP contribution in [-0.4, -0.2) is 81.9 Å². The highest BCUT2D eigenvalue weighted by molar-refractivity contribution is 7.92. The Bertz CT molecular complexity index is 1180. The standard InChI is InChI=1S/C16H24FN9O4S2/c17-10-8-26(6-4-11(10)18)12-1-2-13(32(29,30)23-9-3-5-20-7-9)15(31(19,27)28)14(12)16-21-24-25-22-16/h1-2,9-11,20,23H,3-8,18H2,(H2,19,27,28)(H,21,22,24,25)/t9-,10-,11+/m1/s1. The van der Waals surface area contributed by atoms with Crippen molar-refractivity contribution in [2.45, 2.75) is 40.9 Å². The maximum atomic E-state index is 14.3. The zero-order valence-electron chi connectivity index (χ0n) is 16.9. The van der Waals surface area contributed by atoms with Gasteiger partial charge in [-0.1, -0.05) is 0 Å². The van der Waals surface area contributed by atoms with Crippen molar-refractivity contribution < 1.29 is 21.2 Å².